The topological polar surface area (TPSA) is 83.0 Å². The second-order valence-corrected chi connectivity index (χ2v) is 6.37. The lowest BCUT2D eigenvalue weighted by molar-refractivity contribution is 0.333. The van der Waals surface area contributed by atoms with Crippen molar-refractivity contribution in [2.75, 3.05) is 5.43 Å². The molecule has 4 rings (SSSR count). The van der Waals surface area contributed by atoms with Gasteiger partial charge in [0.25, 0.3) is 5.56 Å². The van der Waals surface area contributed by atoms with Gasteiger partial charge < -0.3 is 0 Å². The number of aromatic amines is 1. The van der Waals surface area contributed by atoms with E-state index in [4.69, 9.17) is 0 Å². The van der Waals surface area contributed by atoms with Crippen molar-refractivity contribution in [1.82, 2.24) is 15.2 Å². The molecule has 2 N–H and O–H groups in total. The molecule has 4 atom stereocenters. The normalized spacial score (nSPS) is 36.5. The van der Waals surface area contributed by atoms with Crippen LogP contribution in [-0.4, -0.2) is 20.9 Å². The second-order valence-electron chi connectivity index (χ2n) is 6.37. The van der Waals surface area contributed by atoms with E-state index in [0.717, 1.165) is 24.2 Å². The summed E-state index contributed by atoms with van der Waals surface area (Å²) < 4.78 is 0. The van der Waals surface area contributed by atoms with Gasteiger partial charge in [-0.05, 0) is 50.4 Å². The first-order valence-electron chi connectivity index (χ1n) is 7.48. The number of fused-ring (bicyclic) bond motifs is 5. The van der Waals surface area contributed by atoms with Crippen LogP contribution in [0.1, 0.15) is 37.8 Å². The number of hydrogen-bond donors (Lipinski definition) is 2. The van der Waals surface area contributed by atoms with Gasteiger partial charge >= 0.3 is 0 Å². The first-order valence-corrected chi connectivity index (χ1v) is 7.48. The molecule has 3 aliphatic carbocycles. The summed E-state index contributed by atoms with van der Waals surface area (Å²) >= 11 is 0. The van der Waals surface area contributed by atoms with Crippen LogP contribution in [0.2, 0.25) is 0 Å². The number of nitrogens with one attached hydrogen (secondary N) is 2. The minimum absolute atomic E-state index is 0.216. The van der Waals surface area contributed by atoms with Gasteiger partial charge in [0.15, 0.2) is 0 Å². The van der Waals surface area contributed by atoms with Gasteiger partial charge in [-0.2, -0.15) is 5.10 Å². The molecule has 1 heterocycles. The summed E-state index contributed by atoms with van der Waals surface area (Å²) in [6.07, 6.45) is 6.60. The van der Waals surface area contributed by atoms with Gasteiger partial charge in [0.05, 0.1) is 0 Å². The molecule has 0 aromatic carbocycles. The molecule has 0 aliphatic heterocycles. The van der Waals surface area contributed by atoms with Crippen molar-refractivity contribution in [1.29, 1.82) is 0 Å². The summed E-state index contributed by atoms with van der Waals surface area (Å²) in [6.45, 7) is 1.64. The van der Waals surface area contributed by atoms with E-state index >= 15 is 0 Å². The number of H-pyrrole nitrogens is 1. The molecule has 6 nitrogen and oxygen atoms in total. The molecular weight excluding hydrogens is 254 g/mol. The number of hydrogen-bond acceptors (Lipinski definition) is 5. The van der Waals surface area contributed by atoms with Crippen LogP contribution < -0.4 is 11.0 Å². The van der Waals surface area contributed by atoms with E-state index in [9.17, 15) is 4.79 Å². The van der Waals surface area contributed by atoms with Crippen molar-refractivity contribution in [2.45, 2.75) is 39.0 Å². The molecule has 0 unspecified atom stereocenters. The molecule has 0 saturated heterocycles. The summed E-state index contributed by atoms with van der Waals surface area (Å²) in [4.78, 5) is 14.1. The first kappa shape index (κ1) is 12.1. The van der Waals surface area contributed by atoms with Crippen molar-refractivity contribution in [2.24, 2.45) is 28.8 Å². The summed E-state index contributed by atoms with van der Waals surface area (Å²) in [5, 5.41) is 12.2. The second kappa shape index (κ2) is 4.40. The lowest BCUT2D eigenvalue weighted by Gasteiger charge is -2.25. The Balaban J connectivity index is 1.51. The molecule has 0 amide bonds. The lowest BCUT2D eigenvalue weighted by atomic mass is 9.81. The molecule has 2 bridgehead atoms. The van der Waals surface area contributed by atoms with Gasteiger partial charge in [-0.1, -0.05) is 6.42 Å². The standard InChI is InChI=1S/C14H19N5O/c1-7-13(20)15-14(18-16-7)19-17-12-6-8-5-11(12)10-4-2-3-9(8)10/h8-11H,2-6H2,1H3,(H2,15,18,19,20)/b17-12+/t8-,9+,10-,11+/m1/s1. The van der Waals surface area contributed by atoms with Gasteiger partial charge in [-0.25, -0.2) is 5.43 Å². The van der Waals surface area contributed by atoms with Crippen LogP contribution >= 0.6 is 0 Å². The van der Waals surface area contributed by atoms with Crippen molar-refractivity contribution in [3.8, 4) is 0 Å². The van der Waals surface area contributed by atoms with Crippen LogP contribution in [0.5, 0.6) is 0 Å². The predicted molar refractivity (Wildman–Crippen MR) is 75.5 cm³/mol. The summed E-state index contributed by atoms with van der Waals surface area (Å²) in [5.74, 6) is 3.65. The van der Waals surface area contributed by atoms with Crippen LogP contribution in [0.3, 0.4) is 0 Å². The Hall–Kier alpha value is -1.72. The van der Waals surface area contributed by atoms with E-state index in [1.807, 2.05) is 0 Å². The highest BCUT2D eigenvalue weighted by atomic mass is 16.1. The average Bonchev–Trinajstić information content (AvgIpc) is 3.11. The van der Waals surface area contributed by atoms with Crippen molar-refractivity contribution in [3.63, 3.8) is 0 Å². The summed E-state index contributed by atoms with van der Waals surface area (Å²) in [5.41, 5.74) is 4.30. The number of rotatable bonds is 2. The number of aryl methyl sites for hydroxylation is 1. The third kappa shape index (κ3) is 1.77. The number of anilines is 1. The van der Waals surface area contributed by atoms with Crippen LogP contribution in [0, 0.1) is 30.6 Å². The van der Waals surface area contributed by atoms with E-state index < -0.39 is 0 Å². The van der Waals surface area contributed by atoms with Crippen molar-refractivity contribution >= 4 is 11.7 Å². The minimum Gasteiger partial charge on any atom is -0.288 e. The van der Waals surface area contributed by atoms with Crippen molar-refractivity contribution < 1.29 is 0 Å². The van der Waals surface area contributed by atoms with Crippen LogP contribution in [-0.2, 0) is 0 Å². The van der Waals surface area contributed by atoms with Gasteiger partial charge in [-0.3, -0.25) is 9.78 Å². The Morgan fingerprint density at radius 2 is 2.15 bits per heavy atom. The van der Waals surface area contributed by atoms with Gasteiger partial charge in [-0.15, -0.1) is 10.2 Å². The Morgan fingerprint density at radius 3 is 3.00 bits per heavy atom. The Bertz CT molecular complexity index is 622. The zero-order valence-corrected chi connectivity index (χ0v) is 11.6. The maximum atomic E-state index is 11.5. The molecule has 1 aromatic heterocycles. The summed E-state index contributed by atoms with van der Waals surface area (Å²) in [7, 11) is 0. The minimum atomic E-state index is -0.216. The van der Waals surface area contributed by atoms with Crippen LogP contribution in [0.25, 0.3) is 0 Å². The zero-order chi connectivity index (χ0) is 13.7. The van der Waals surface area contributed by atoms with E-state index in [1.165, 1.54) is 31.4 Å². The monoisotopic (exact) mass is 273 g/mol. The van der Waals surface area contributed by atoms with Crippen molar-refractivity contribution in [3.05, 3.63) is 16.0 Å². The Morgan fingerprint density at radius 1 is 1.30 bits per heavy atom. The summed E-state index contributed by atoms with van der Waals surface area (Å²) in [6, 6.07) is 0. The third-order valence-electron chi connectivity index (χ3n) is 5.37. The fourth-order valence-corrected chi connectivity index (χ4v) is 4.51. The molecule has 3 saturated carbocycles. The average molecular weight is 273 g/mol. The van der Waals surface area contributed by atoms with E-state index in [2.05, 4.69) is 25.7 Å². The molecule has 3 fully saturated rings. The SMILES string of the molecule is Cc1nnc(N/N=C2\C[C@H]3C[C@H]2[C@@H]2CCC[C@@H]32)[nH]c1=O. The fraction of sp³-hybridized carbons (Fsp3) is 0.714. The maximum Gasteiger partial charge on any atom is 0.274 e. The highest BCUT2D eigenvalue weighted by molar-refractivity contribution is 5.90. The highest BCUT2D eigenvalue weighted by Gasteiger charge is 2.52. The number of hydrazone groups is 1. The third-order valence-corrected chi connectivity index (χ3v) is 5.37. The largest absolute Gasteiger partial charge is 0.288 e. The van der Waals surface area contributed by atoms with Gasteiger partial charge in [0.1, 0.15) is 5.69 Å². The predicted octanol–water partition coefficient (Wildman–Crippen LogP) is 1.70. The Kier molecular flexibility index (Phi) is 2.65. The van der Waals surface area contributed by atoms with Gasteiger partial charge in [0.2, 0.25) is 5.95 Å². The van der Waals surface area contributed by atoms with E-state index in [0.29, 0.717) is 17.6 Å². The zero-order valence-electron chi connectivity index (χ0n) is 11.6. The smallest absolute Gasteiger partial charge is 0.274 e. The number of nitrogens with zero attached hydrogens (tertiary/aromatic N) is 3. The molecule has 6 heteroatoms. The highest BCUT2D eigenvalue weighted by Crippen LogP contribution is 2.57. The maximum absolute atomic E-state index is 11.5. The molecule has 1 aromatic rings. The molecule has 0 radical (unpaired) electrons. The first-order chi connectivity index (χ1) is 9.72. The van der Waals surface area contributed by atoms with Gasteiger partial charge in [0, 0.05) is 11.6 Å². The molecule has 3 aliphatic rings. The molecule has 0 spiro atoms. The Labute approximate surface area is 117 Å². The van der Waals surface area contributed by atoms with E-state index in [-0.39, 0.29) is 5.56 Å². The quantitative estimate of drug-likeness (QED) is 0.803. The fourth-order valence-electron chi connectivity index (χ4n) is 4.51. The molecule has 20 heavy (non-hydrogen) atoms. The molecular formula is C14H19N5O. The van der Waals surface area contributed by atoms with E-state index in [1.54, 1.807) is 6.92 Å². The lowest BCUT2D eigenvalue weighted by Crippen LogP contribution is -2.25. The van der Waals surface area contributed by atoms with Crippen LogP contribution in [0.15, 0.2) is 9.90 Å². The van der Waals surface area contributed by atoms with Crippen LogP contribution in [0.4, 0.5) is 5.95 Å². The number of aromatic nitrogens is 3. The molecule has 106 valence electrons.